The Morgan fingerprint density at radius 1 is 1.19 bits per heavy atom. The third-order valence-electron chi connectivity index (χ3n) is 5.95. The summed E-state index contributed by atoms with van der Waals surface area (Å²) in [4.78, 5) is 1.02. The van der Waals surface area contributed by atoms with E-state index in [1.165, 1.54) is 30.0 Å². The number of nitrogens with one attached hydrogen (secondary N) is 2. The predicted octanol–water partition coefficient (Wildman–Crippen LogP) is 6.50. The standard InChI is InChI=1S/C25H25F2N3S/c1-3-25-14-18(15-28)24(29-21-6-4-20(26)5-7-21)13-19(25)10-11-30(16-25)31-22-8-9-23(27)17(2)12-22/h3-9,12-13,15,28-29H,1,10-11,14,16H2,2H3. The summed E-state index contributed by atoms with van der Waals surface area (Å²) in [6.45, 7) is 7.54. The van der Waals surface area contributed by atoms with Crippen molar-refractivity contribution in [2.45, 2.75) is 24.7 Å². The molecular formula is C25H25F2N3S. The smallest absolute Gasteiger partial charge is 0.126 e. The number of piperidine rings is 1. The molecule has 1 heterocycles. The SMILES string of the molecule is C=CC12CC(C=N)=C(Nc3ccc(F)cc3)C=C1CCN(Sc1ccc(F)c(C)c1)C2. The summed E-state index contributed by atoms with van der Waals surface area (Å²) < 4.78 is 29.1. The number of allylic oxidation sites excluding steroid dienone is 2. The molecule has 0 radical (unpaired) electrons. The van der Waals surface area contributed by atoms with E-state index in [1.807, 2.05) is 18.2 Å². The van der Waals surface area contributed by atoms with Gasteiger partial charge in [-0.2, -0.15) is 0 Å². The van der Waals surface area contributed by atoms with Crippen LogP contribution in [0.5, 0.6) is 0 Å². The maximum atomic E-state index is 13.6. The first-order chi connectivity index (χ1) is 14.9. The number of nitrogens with zero attached hydrogens (tertiary/aromatic N) is 1. The molecule has 2 aromatic rings. The maximum absolute atomic E-state index is 13.6. The van der Waals surface area contributed by atoms with Crippen LogP contribution in [0.25, 0.3) is 0 Å². The van der Waals surface area contributed by atoms with E-state index in [0.29, 0.717) is 12.0 Å². The quantitative estimate of drug-likeness (QED) is 0.308. The number of fused-ring (bicyclic) bond motifs is 1. The molecule has 2 aliphatic rings. The molecule has 0 bridgehead atoms. The van der Waals surface area contributed by atoms with Crippen LogP contribution < -0.4 is 5.32 Å². The van der Waals surface area contributed by atoms with Gasteiger partial charge in [-0.3, -0.25) is 0 Å². The largest absolute Gasteiger partial charge is 0.355 e. The number of aryl methyl sites for hydroxylation is 1. The molecule has 1 unspecified atom stereocenters. The molecule has 1 fully saturated rings. The van der Waals surface area contributed by atoms with Crippen LogP contribution in [0.2, 0.25) is 0 Å². The van der Waals surface area contributed by atoms with Crippen LogP contribution in [0.1, 0.15) is 18.4 Å². The monoisotopic (exact) mass is 437 g/mol. The highest BCUT2D eigenvalue weighted by atomic mass is 32.2. The second-order valence-electron chi connectivity index (χ2n) is 8.04. The van der Waals surface area contributed by atoms with Crippen molar-refractivity contribution in [3.63, 3.8) is 0 Å². The van der Waals surface area contributed by atoms with Crippen molar-refractivity contribution in [3.05, 3.63) is 95.2 Å². The first-order valence-electron chi connectivity index (χ1n) is 10.2. The Bertz CT molecular complexity index is 1070. The second kappa shape index (κ2) is 8.81. The molecule has 31 heavy (non-hydrogen) atoms. The molecule has 4 rings (SSSR count). The minimum atomic E-state index is -0.277. The number of anilines is 1. The van der Waals surface area contributed by atoms with Crippen LogP contribution in [0, 0.1) is 29.4 Å². The van der Waals surface area contributed by atoms with Gasteiger partial charge < -0.3 is 10.7 Å². The van der Waals surface area contributed by atoms with Crippen LogP contribution in [0.4, 0.5) is 14.5 Å². The van der Waals surface area contributed by atoms with Gasteiger partial charge in [0.05, 0.1) is 0 Å². The highest BCUT2D eigenvalue weighted by Crippen LogP contribution is 2.47. The summed E-state index contributed by atoms with van der Waals surface area (Å²) >= 11 is 1.64. The van der Waals surface area contributed by atoms with E-state index in [1.54, 1.807) is 31.0 Å². The number of halogens is 2. The van der Waals surface area contributed by atoms with E-state index < -0.39 is 0 Å². The Labute approximate surface area is 186 Å². The van der Waals surface area contributed by atoms with Crippen LogP contribution in [0.3, 0.4) is 0 Å². The molecule has 2 N–H and O–H groups in total. The Balaban J connectivity index is 1.55. The lowest BCUT2D eigenvalue weighted by Crippen LogP contribution is -2.42. The van der Waals surface area contributed by atoms with Gasteiger partial charge >= 0.3 is 0 Å². The Morgan fingerprint density at radius 3 is 2.65 bits per heavy atom. The third kappa shape index (κ3) is 4.50. The average Bonchev–Trinajstić information content (AvgIpc) is 2.77. The summed E-state index contributed by atoms with van der Waals surface area (Å²) in [6.07, 6.45) is 7.06. The first kappa shape index (κ1) is 21.5. The van der Waals surface area contributed by atoms with Gasteiger partial charge in [0.25, 0.3) is 0 Å². The van der Waals surface area contributed by atoms with Crippen molar-refractivity contribution in [2.75, 3.05) is 18.4 Å². The van der Waals surface area contributed by atoms with Gasteiger partial charge in [0, 0.05) is 41.0 Å². The van der Waals surface area contributed by atoms with E-state index in [4.69, 9.17) is 5.41 Å². The summed E-state index contributed by atoms with van der Waals surface area (Å²) in [5.74, 6) is -0.467. The van der Waals surface area contributed by atoms with Crippen molar-refractivity contribution in [2.24, 2.45) is 5.41 Å². The van der Waals surface area contributed by atoms with Crippen molar-refractivity contribution in [3.8, 4) is 0 Å². The molecule has 0 saturated carbocycles. The lowest BCUT2D eigenvalue weighted by atomic mass is 9.69. The molecule has 1 aliphatic heterocycles. The summed E-state index contributed by atoms with van der Waals surface area (Å²) in [6, 6.07) is 11.4. The van der Waals surface area contributed by atoms with Gasteiger partial charge in [-0.1, -0.05) is 11.6 Å². The van der Waals surface area contributed by atoms with Crippen molar-refractivity contribution in [1.29, 1.82) is 5.41 Å². The Kier molecular flexibility index (Phi) is 6.12. The van der Waals surface area contributed by atoms with Crippen molar-refractivity contribution >= 4 is 23.8 Å². The molecule has 160 valence electrons. The molecule has 0 spiro atoms. The van der Waals surface area contributed by atoms with Crippen LogP contribution in [-0.2, 0) is 0 Å². The highest BCUT2D eigenvalue weighted by molar-refractivity contribution is 7.97. The van der Waals surface area contributed by atoms with Crippen LogP contribution >= 0.6 is 11.9 Å². The minimum Gasteiger partial charge on any atom is -0.355 e. The zero-order valence-corrected chi connectivity index (χ0v) is 18.2. The van der Waals surface area contributed by atoms with Crippen LogP contribution in [0.15, 0.2) is 82.9 Å². The van der Waals surface area contributed by atoms with Gasteiger partial charge in [-0.05, 0) is 91.4 Å². The Hall–Kier alpha value is -2.70. The molecular weight excluding hydrogens is 412 g/mol. The zero-order valence-electron chi connectivity index (χ0n) is 17.4. The minimum absolute atomic E-state index is 0.190. The second-order valence-corrected chi connectivity index (χ2v) is 9.21. The summed E-state index contributed by atoms with van der Waals surface area (Å²) in [5, 5.41) is 11.3. The summed E-state index contributed by atoms with van der Waals surface area (Å²) in [5.41, 5.74) is 4.23. The average molecular weight is 438 g/mol. The van der Waals surface area contributed by atoms with Gasteiger partial charge in [0.2, 0.25) is 0 Å². The van der Waals surface area contributed by atoms with E-state index in [0.717, 1.165) is 41.4 Å². The topological polar surface area (TPSA) is 39.1 Å². The Morgan fingerprint density at radius 2 is 1.97 bits per heavy atom. The fourth-order valence-corrected chi connectivity index (χ4v) is 5.31. The predicted molar refractivity (Wildman–Crippen MR) is 124 cm³/mol. The van der Waals surface area contributed by atoms with E-state index >= 15 is 0 Å². The lowest BCUT2D eigenvalue weighted by molar-refractivity contribution is 0.278. The van der Waals surface area contributed by atoms with E-state index in [2.05, 4.69) is 22.3 Å². The first-order valence-corrected chi connectivity index (χ1v) is 11.0. The number of hydrogen-bond donors (Lipinski definition) is 2. The highest BCUT2D eigenvalue weighted by Gasteiger charge is 2.40. The van der Waals surface area contributed by atoms with Crippen molar-refractivity contribution in [1.82, 2.24) is 4.31 Å². The van der Waals surface area contributed by atoms with Gasteiger partial charge in [-0.25, -0.2) is 13.1 Å². The molecule has 6 heteroatoms. The van der Waals surface area contributed by atoms with Crippen LogP contribution in [-0.4, -0.2) is 23.6 Å². The number of benzene rings is 2. The fraction of sp³-hybridized carbons (Fsp3) is 0.240. The normalized spacial score (nSPS) is 21.3. The number of rotatable bonds is 6. The molecule has 3 nitrogen and oxygen atoms in total. The molecule has 1 saturated heterocycles. The third-order valence-corrected chi connectivity index (χ3v) is 6.99. The maximum Gasteiger partial charge on any atom is 0.126 e. The fourth-order valence-electron chi connectivity index (χ4n) is 4.18. The van der Waals surface area contributed by atoms with E-state index in [9.17, 15) is 8.78 Å². The zero-order chi connectivity index (χ0) is 22.0. The van der Waals surface area contributed by atoms with Gasteiger partial charge in [-0.15, -0.1) is 6.58 Å². The van der Waals surface area contributed by atoms with Gasteiger partial charge in [0.1, 0.15) is 11.6 Å². The molecule has 1 aliphatic carbocycles. The lowest BCUT2D eigenvalue weighted by Gasteiger charge is -2.45. The molecule has 1 atom stereocenters. The number of hydrogen-bond acceptors (Lipinski definition) is 4. The van der Waals surface area contributed by atoms with E-state index in [-0.39, 0.29) is 17.0 Å². The van der Waals surface area contributed by atoms with Crippen molar-refractivity contribution < 1.29 is 8.78 Å². The summed E-state index contributed by atoms with van der Waals surface area (Å²) in [7, 11) is 0. The molecule has 0 amide bonds. The molecule has 0 aromatic heterocycles. The molecule has 2 aromatic carbocycles. The van der Waals surface area contributed by atoms with Gasteiger partial charge in [0.15, 0.2) is 0 Å².